The van der Waals surface area contributed by atoms with Gasteiger partial charge >= 0.3 is 5.97 Å². The first-order chi connectivity index (χ1) is 15.8. The van der Waals surface area contributed by atoms with Crippen LogP contribution in [0, 0.1) is 12.8 Å². The molecule has 0 aromatic carbocycles. The number of aryl methyl sites for hydroxylation is 1. The quantitative estimate of drug-likeness (QED) is 0.310. The number of hydrogen-bond acceptors (Lipinski definition) is 6. The van der Waals surface area contributed by atoms with Gasteiger partial charge in [0.2, 0.25) is 11.8 Å². The van der Waals surface area contributed by atoms with Crippen molar-refractivity contribution in [1.29, 1.82) is 0 Å². The van der Waals surface area contributed by atoms with Crippen LogP contribution in [0.25, 0.3) is 0 Å². The summed E-state index contributed by atoms with van der Waals surface area (Å²) in [4.78, 5) is 17.7. The Morgan fingerprint density at radius 3 is 2.73 bits per heavy atom. The first-order valence-corrected chi connectivity index (χ1v) is 13.2. The third-order valence-electron chi connectivity index (χ3n) is 6.70. The molecule has 0 amide bonds. The standard InChI is InChI=1S/C25H38F2N2O3S/c1-17-10-11-22(33-21-9-6-8-20(21)24(30)31-3)23(29-17)32-18(2)7-4-5-16-28-19-12-14-25(26,27)15-13-19/h10-11,18-21,28H,4-9,12-16H2,1-3H3/t18-,20+,21+/m1/s1. The van der Waals surface area contributed by atoms with Crippen molar-refractivity contribution in [2.24, 2.45) is 5.92 Å². The van der Waals surface area contributed by atoms with Crippen molar-refractivity contribution in [3.8, 4) is 5.88 Å². The smallest absolute Gasteiger partial charge is 0.309 e. The van der Waals surface area contributed by atoms with Crippen molar-refractivity contribution in [2.45, 2.75) is 106 Å². The first-order valence-electron chi connectivity index (χ1n) is 12.3. The number of methoxy groups -OCH3 is 1. The summed E-state index contributed by atoms with van der Waals surface area (Å²) in [6.07, 6.45) is 6.91. The monoisotopic (exact) mass is 484 g/mol. The second kappa shape index (κ2) is 12.3. The molecule has 2 aliphatic carbocycles. The summed E-state index contributed by atoms with van der Waals surface area (Å²) in [5.41, 5.74) is 0.903. The summed E-state index contributed by atoms with van der Waals surface area (Å²) < 4.78 is 37.7. The number of ether oxygens (including phenoxy) is 2. The maximum Gasteiger partial charge on any atom is 0.309 e. The van der Waals surface area contributed by atoms with Crippen LogP contribution in [-0.2, 0) is 9.53 Å². The molecule has 5 nitrogen and oxygen atoms in total. The van der Waals surface area contributed by atoms with Gasteiger partial charge < -0.3 is 14.8 Å². The molecule has 8 heteroatoms. The van der Waals surface area contributed by atoms with E-state index in [2.05, 4.69) is 17.2 Å². The number of unbranched alkanes of at least 4 members (excludes halogenated alkanes) is 1. The number of carbonyl (C=O) groups is 1. The van der Waals surface area contributed by atoms with E-state index in [1.165, 1.54) is 7.11 Å². The van der Waals surface area contributed by atoms with Gasteiger partial charge in [-0.25, -0.2) is 13.8 Å². The molecule has 0 bridgehead atoms. The van der Waals surface area contributed by atoms with Crippen molar-refractivity contribution in [1.82, 2.24) is 10.3 Å². The van der Waals surface area contributed by atoms with Gasteiger partial charge in [0.25, 0.3) is 0 Å². The maximum atomic E-state index is 13.3. The largest absolute Gasteiger partial charge is 0.474 e. The Bertz CT molecular complexity index is 770. The molecule has 0 radical (unpaired) electrons. The molecule has 3 atom stereocenters. The Morgan fingerprint density at radius 1 is 1.24 bits per heavy atom. The molecule has 0 aliphatic heterocycles. The van der Waals surface area contributed by atoms with E-state index in [1.54, 1.807) is 11.8 Å². The normalized spacial score (nSPS) is 23.9. The van der Waals surface area contributed by atoms with E-state index in [4.69, 9.17) is 9.47 Å². The second-order valence-electron chi connectivity index (χ2n) is 9.48. The van der Waals surface area contributed by atoms with E-state index in [9.17, 15) is 13.6 Å². The van der Waals surface area contributed by atoms with Crippen LogP contribution in [-0.4, -0.2) is 47.9 Å². The van der Waals surface area contributed by atoms with Crippen LogP contribution in [0.4, 0.5) is 8.78 Å². The zero-order valence-electron chi connectivity index (χ0n) is 20.1. The van der Waals surface area contributed by atoms with Crippen LogP contribution in [0.15, 0.2) is 17.0 Å². The number of alkyl halides is 2. The van der Waals surface area contributed by atoms with Crippen LogP contribution in [0.5, 0.6) is 5.88 Å². The second-order valence-corrected chi connectivity index (χ2v) is 10.8. The molecule has 1 aromatic heterocycles. The molecule has 186 valence electrons. The Balaban J connectivity index is 1.43. The zero-order chi connectivity index (χ0) is 23.8. The minimum atomic E-state index is -2.47. The predicted molar refractivity (Wildman–Crippen MR) is 127 cm³/mol. The Kier molecular flexibility index (Phi) is 9.80. The van der Waals surface area contributed by atoms with Gasteiger partial charge in [-0.2, -0.15) is 0 Å². The maximum absolute atomic E-state index is 13.3. The lowest BCUT2D eigenvalue weighted by Gasteiger charge is -2.29. The fourth-order valence-corrected chi connectivity index (χ4v) is 6.07. The Hall–Kier alpha value is -1.41. The number of nitrogens with zero attached hydrogens (tertiary/aromatic N) is 1. The fraction of sp³-hybridized carbons (Fsp3) is 0.760. The third kappa shape index (κ3) is 8.09. The van der Waals surface area contributed by atoms with Gasteiger partial charge in [-0.1, -0.05) is 6.42 Å². The van der Waals surface area contributed by atoms with Gasteiger partial charge in [-0.15, -0.1) is 11.8 Å². The number of carbonyl (C=O) groups excluding carboxylic acids is 1. The van der Waals surface area contributed by atoms with E-state index in [0.717, 1.165) is 55.7 Å². The molecule has 0 spiro atoms. The third-order valence-corrected chi connectivity index (χ3v) is 8.13. The van der Waals surface area contributed by atoms with Crippen molar-refractivity contribution < 1.29 is 23.0 Å². The number of halogens is 2. The molecule has 2 aliphatic rings. The summed E-state index contributed by atoms with van der Waals surface area (Å²) >= 11 is 1.68. The molecule has 1 heterocycles. The highest BCUT2D eigenvalue weighted by atomic mass is 32.2. The minimum absolute atomic E-state index is 0.000606. The van der Waals surface area contributed by atoms with Gasteiger partial charge in [-0.05, 0) is 77.5 Å². The number of hydrogen-bond donors (Lipinski definition) is 1. The highest BCUT2D eigenvalue weighted by molar-refractivity contribution is 8.00. The molecule has 33 heavy (non-hydrogen) atoms. The highest BCUT2D eigenvalue weighted by Gasteiger charge is 2.36. The van der Waals surface area contributed by atoms with Gasteiger partial charge in [0.15, 0.2) is 0 Å². The molecular formula is C25H38F2N2O3S. The van der Waals surface area contributed by atoms with Gasteiger partial charge in [0.05, 0.1) is 24.0 Å². The summed E-state index contributed by atoms with van der Waals surface area (Å²) in [6, 6.07) is 4.24. The molecule has 2 saturated carbocycles. The van der Waals surface area contributed by atoms with Gasteiger partial charge in [-0.3, -0.25) is 4.79 Å². The number of esters is 1. The van der Waals surface area contributed by atoms with Crippen molar-refractivity contribution in [3.63, 3.8) is 0 Å². The summed E-state index contributed by atoms with van der Waals surface area (Å²) in [5, 5.41) is 3.62. The lowest BCUT2D eigenvalue weighted by atomic mass is 9.92. The molecule has 0 saturated heterocycles. The van der Waals surface area contributed by atoms with E-state index >= 15 is 0 Å². The number of rotatable bonds is 11. The number of aromatic nitrogens is 1. The number of thioether (sulfide) groups is 1. The van der Waals surface area contributed by atoms with Crippen molar-refractivity contribution in [2.75, 3.05) is 13.7 Å². The molecule has 1 aromatic rings. The summed E-state index contributed by atoms with van der Waals surface area (Å²) in [5.74, 6) is -2.03. The average molecular weight is 485 g/mol. The first kappa shape index (κ1) is 26.2. The van der Waals surface area contributed by atoms with Crippen molar-refractivity contribution >= 4 is 17.7 Å². The molecule has 2 fully saturated rings. The minimum Gasteiger partial charge on any atom is -0.474 e. The SMILES string of the molecule is COC(=O)[C@H]1CCC[C@@H]1Sc1ccc(C)nc1O[C@H](C)CCCCNC1CCC(F)(F)CC1. The average Bonchev–Trinajstić information content (AvgIpc) is 3.24. The molecule has 0 unspecified atom stereocenters. The van der Waals surface area contributed by atoms with Crippen LogP contribution < -0.4 is 10.1 Å². The van der Waals surface area contributed by atoms with E-state index in [1.807, 2.05) is 19.1 Å². The number of pyridine rings is 1. The Labute approximate surface area is 200 Å². The fourth-order valence-electron chi connectivity index (χ4n) is 4.70. The summed E-state index contributed by atoms with van der Waals surface area (Å²) in [7, 11) is 1.45. The van der Waals surface area contributed by atoms with Crippen molar-refractivity contribution in [3.05, 3.63) is 17.8 Å². The lowest BCUT2D eigenvalue weighted by Crippen LogP contribution is -2.37. The molecule has 3 rings (SSSR count). The van der Waals surface area contributed by atoms with E-state index < -0.39 is 5.92 Å². The zero-order valence-corrected chi connectivity index (χ0v) is 20.9. The van der Waals surface area contributed by atoms with Crippen LogP contribution >= 0.6 is 11.8 Å². The van der Waals surface area contributed by atoms with Gasteiger partial charge in [0, 0.05) is 29.8 Å². The van der Waals surface area contributed by atoms with Crippen LogP contribution in [0.2, 0.25) is 0 Å². The topological polar surface area (TPSA) is 60.5 Å². The van der Waals surface area contributed by atoms with E-state index in [-0.39, 0.29) is 42.1 Å². The van der Waals surface area contributed by atoms with Crippen LogP contribution in [0.3, 0.4) is 0 Å². The van der Waals surface area contributed by atoms with Crippen LogP contribution in [0.1, 0.15) is 76.8 Å². The van der Waals surface area contributed by atoms with E-state index in [0.29, 0.717) is 18.7 Å². The molecular weight excluding hydrogens is 446 g/mol. The van der Waals surface area contributed by atoms with Gasteiger partial charge in [0.1, 0.15) is 0 Å². The highest BCUT2D eigenvalue weighted by Crippen LogP contribution is 2.42. The Morgan fingerprint density at radius 2 is 2.00 bits per heavy atom. The number of nitrogens with one attached hydrogen (secondary N) is 1. The lowest BCUT2D eigenvalue weighted by molar-refractivity contribution is -0.144. The predicted octanol–water partition coefficient (Wildman–Crippen LogP) is 5.93. The summed E-state index contributed by atoms with van der Waals surface area (Å²) in [6.45, 7) is 4.86. The molecule has 1 N–H and O–H groups in total.